The molecule has 0 aliphatic carbocycles. The molecule has 116 valence electrons. The van der Waals surface area contributed by atoms with Crippen LogP contribution in [0, 0.1) is 20.8 Å². The molecule has 0 amide bonds. The second kappa shape index (κ2) is 7.65. The highest BCUT2D eigenvalue weighted by Gasteiger charge is 2.04. The molecular weight excluding hydrogens is 308 g/mol. The van der Waals surface area contributed by atoms with Gasteiger partial charge in [-0.2, -0.15) is 0 Å². The van der Waals surface area contributed by atoms with Gasteiger partial charge in [0, 0.05) is 17.1 Å². The van der Waals surface area contributed by atoms with Crippen molar-refractivity contribution in [2.45, 2.75) is 32.2 Å². The Balaban J connectivity index is 1.94. The molecule has 2 aromatic rings. The molecule has 0 saturated carbocycles. The Hall–Kier alpha value is -1.52. The lowest BCUT2D eigenvalue weighted by atomic mass is 10.1. The molecule has 0 aliphatic heterocycles. The minimum atomic E-state index is 0.653. The molecule has 0 aromatic heterocycles. The highest BCUT2D eigenvalue weighted by molar-refractivity contribution is 7.98. The summed E-state index contributed by atoms with van der Waals surface area (Å²) in [5.74, 6) is 0. The van der Waals surface area contributed by atoms with Crippen LogP contribution in [0.5, 0.6) is 0 Å². The third-order valence-electron chi connectivity index (χ3n) is 3.70. The minimum Gasteiger partial charge on any atom is -0.358 e. The average molecular weight is 331 g/mol. The number of thioether (sulfide) groups is 1. The van der Waals surface area contributed by atoms with E-state index >= 15 is 0 Å². The molecule has 0 heterocycles. The molecule has 2 nitrogen and oxygen atoms in total. The lowest BCUT2D eigenvalue weighted by Crippen LogP contribution is -2.28. The Morgan fingerprint density at radius 1 is 1.00 bits per heavy atom. The van der Waals surface area contributed by atoms with Gasteiger partial charge >= 0.3 is 0 Å². The first-order valence-corrected chi connectivity index (χ1v) is 8.88. The fourth-order valence-electron chi connectivity index (χ4n) is 2.19. The maximum atomic E-state index is 5.39. The van der Waals surface area contributed by atoms with Crippen LogP contribution in [0.2, 0.25) is 0 Å². The molecule has 2 rings (SSSR count). The van der Waals surface area contributed by atoms with Gasteiger partial charge in [0.1, 0.15) is 0 Å². The molecule has 0 bridgehead atoms. The van der Waals surface area contributed by atoms with Crippen molar-refractivity contribution < 1.29 is 0 Å². The topological polar surface area (TPSA) is 24.1 Å². The lowest BCUT2D eigenvalue weighted by molar-refractivity contribution is 0.923. The fourth-order valence-corrected chi connectivity index (χ4v) is 2.78. The van der Waals surface area contributed by atoms with E-state index in [-0.39, 0.29) is 0 Å². The number of anilines is 1. The minimum absolute atomic E-state index is 0.653. The maximum absolute atomic E-state index is 5.39. The van der Waals surface area contributed by atoms with Crippen molar-refractivity contribution in [1.29, 1.82) is 0 Å². The molecule has 0 fully saturated rings. The van der Waals surface area contributed by atoms with Crippen molar-refractivity contribution in [3.8, 4) is 0 Å². The first-order chi connectivity index (χ1) is 10.5. The zero-order valence-electron chi connectivity index (χ0n) is 13.5. The quantitative estimate of drug-likeness (QED) is 0.620. The summed E-state index contributed by atoms with van der Waals surface area (Å²) in [7, 11) is 0. The zero-order valence-corrected chi connectivity index (χ0v) is 15.1. The van der Waals surface area contributed by atoms with Crippen LogP contribution >= 0.6 is 24.0 Å². The molecule has 2 N–H and O–H groups in total. The third kappa shape index (κ3) is 4.49. The van der Waals surface area contributed by atoms with Crippen molar-refractivity contribution in [2.75, 3.05) is 11.6 Å². The molecule has 0 atom stereocenters. The van der Waals surface area contributed by atoms with E-state index < -0.39 is 0 Å². The zero-order chi connectivity index (χ0) is 16.1. The Morgan fingerprint density at radius 2 is 1.64 bits per heavy atom. The van der Waals surface area contributed by atoms with Gasteiger partial charge in [-0.15, -0.1) is 11.8 Å². The van der Waals surface area contributed by atoms with Gasteiger partial charge in [0.2, 0.25) is 0 Å². The Bertz CT molecular complexity index is 664. The third-order valence-corrected chi connectivity index (χ3v) is 4.69. The maximum Gasteiger partial charge on any atom is 0.171 e. The molecule has 22 heavy (non-hydrogen) atoms. The summed E-state index contributed by atoms with van der Waals surface area (Å²) in [4.78, 5) is 1.27. The van der Waals surface area contributed by atoms with E-state index in [4.69, 9.17) is 12.2 Å². The van der Waals surface area contributed by atoms with Crippen LogP contribution in [-0.2, 0) is 6.54 Å². The van der Waals surface area contributed by atoms with Gasteiger partial charge in [-0.3, -0.25) is 0 Å². The molecule has 0 radical (unpaired) electrons. The van der Waals surface area contributed by atoms with E-state index in [1.807, 2.05) is 0 Å². The SMILES string of the molecule is CSc1ccc(CNC(=S)Nc2cc(C)c(C)cc2C)cc1. The number of hydrogen-bond acceptors (Lipinski definition) is 2. The van der Waals surface area contributed by atoms with Gasteiger partial charge in [-0.05, 0) is 79.7 Å². The number of nitrogens with one attached hydrogen (secondary N) is 2. The van der Waals surface area contributed by atoms with Gasteiger partial charge in [-0.25, -0.2) is 0 Å². The smallest absolute Gasteiger partial charge is 0.171 e. The summed E-state index contributed by atoms with van der Waals surface area (Å²) in [6.45, 7) is 7.06. The molecule has 0 aliphatic rings. The van der Waals surface area contributed by atoms with Gasteiger partial charge in [-0.1, -0.05) is 18.2 Å². The van der Waals surface area contributed by atoms with E-state index in [0.717, 1.165) is 12.2 Å². The molecule has 0 saturated heterocycles. The molecule has 0 spiro atoms. The highest BCUT2D eigenvalue weighted by Crippen LogP contribution is 2.20. The van der Waals surface area contributed by atoms with Gasteiger partial charge in [0.15, 0.2) is 5.11 Å². The number of hydrogen-bond donors (Lipinski definition) is 2. The summed E-state index contributed by atoms with van der Waals surface area (Å²) in [6.07, 6.45) is 2.08. The first kappa shape index (κ1) is 16.8. The van der Waals surface area contributed by atoms with Crippen molar-refractivity contribution in [3.05, 3.63) is 58.7 Å². The number of benzene rings is 2. The van der Waals surface area contributed by atoms with E-state index in [1.165, 1.54) is 27.1 Å². The van der Waals surface area contributed by atoms with Crippen molar-refractivity contribution >= 4 is 34.8 Å². The van der Waals surface area contributed by atoms with Crippen molar-refractivity contribution in [1.82, 2.24) is 5.32 Å². The van der Waals surface area contributed by atoms with Crippen LogP contribution in [0.25, 0.3) is 0 Å². The molecular formula is C18H22N2S2. The van der Waals surface area contributed by atoms with Gasteiger partial charge < -0.3 is 10.6 Å². The van der Waals surface area contributed by atoms with Crippen LogP contribution in [0.3, 0.4) is 0 Å². The van der Waals surface area contributed by atoms with E-state index in [0.29, 0.717) is 5.11 Å². The number of thiocarbonyl (C=S) groups is 1. The van der Waals surface area contributed by atoms with E-state index in [2.05, 4.69) is 74.1 Å². The second-order valence-corrected chi connectivity index (χ2v) is 6.70. The average Bonchev–Trinajstić information content (AvgIpc) is 2.51. The van der Waals surface area contributed by atoms with Crippen molar-refractivity contribution in [3.63, 3.8) is 0 Å². The normalized spacial score (nSPS) is 10.4. The summed E-state index contributed by atoms with van der Waals surface area (Å²) < 4.78 is 0. The summed E-state index contributed by atoms with van der Waals surface area (Å²) in [5, 5.41) is 7.20. The van der Waals surface area contributed by atoms with Crippen molar-refractivity contribution in [2.24, 2.45) is 0 Å². The van der Waals surface area contributed by atoms with E-state index in [1.54, 1.807) is 11.8 Å². The standard InChI is InChI=1S/C18H22N2S2/c1-12-9-14(3)17(10-13(12)2)20-18(21)19-11-15-5-7-16(22-4)8-6-15/h5-10H,11H2,1-4H3,(H2,19,20,21). The molecule has 2 aromatic carbocycles. The van der Waals surface area contributed by atoms with Crippen LogP contribution in [0.15, 0.2) is 41.3 Å². The first-order valence-electron chi connectivity index (χ1n) is 7.25. The predicted octanol–water partition coefficient (Wildman–Crippen LogP) is 4.82. The fraction of sp³-hybridized carbons (Fsp3) is 0.278. The Labute approximate surface area is 142 Å². The van der Waals surface area contributed by atoms with Crippen LogP contribution in [-0.4, -0.2) is 11.4 Å². The largest absolute Gasteiger partial charge is 0.358 e. The number of aryl methyl sites for hydroxylation is 3. The van der Waals surface area contributed by atoms with E-state index in [9.17, 15) is 0 Å². The monoisotopic (exact) mass is 330 g/mol. The van der Waals surface area contributed by atoms with Crippen LogP contribution < -0.4 is 10.6 Å². The number of rotatable bonds is 4. The highest BCUT2D eigenvalue weighted by atomic mass is 32.2. The molecule has 4 heteroatoms. The second-order valence-electron chi connectivity index (χ2n) is 5.41. The van der Waals surface area contributed by atoms with Gasteiger partial charge in [0.05, 0.1) is 0 Å². The summed E-state index contributed by atoms with van der Waals surface area (Å²) in [5.41, 5.74) is 6.06. The predicted molar refractivity (Wildman–Crippen MR) is 102 cm³/mol. The summed E-state index contributed by atoms with van der Waals surface area (Å²) in [6, 6.07) is 12.8. The van der Waals surface area contributed by atoms with Crippen LogP contribution in [0.1, 0.15) is 22.3 Å². The van der Waals surface area contributed by atoms with Gasteiger partial charge in [0.25, 0.3) is 0 Å². The summed E-state index contributed by atoms with van der Waals surface area (Å²) >= 11 is 7.14. The Kier molecular flexibility index (Phi) is 5.86. The molecule has 0 unspecified atom stereocenters. The lowest BCUT2D eigenvalue weighted by Gasteiger charge is -2.14. The Morgan fingerprint density at radius 3 is 2.27 bits per heavy atom. The van der Waals surface area contributed by atoms with Crippen LogP contribution in [0.4, 0.5) is 5.69 Å².